The molecule has 0 rings (SSSR count). The van der Waals surface area contributed by atoms with E-state index in [0.717, 1.165) is 6.42 Å². The third-order valence-corrected chi connectivity index (χ3v) is 1.24. The van der Waals surface area contributed by atoms with Crippen molar-refractivity contribution in [3.8, 4) is 12.3 Å². The fourth-order valence-electron chi connectivity index (χ4n) is 0.509. The standard InChI is InChI=1S/C6H10O8.C6H10/c1-6(2,3)13-14-12-5(9)11-10-4(7)8;1-3-5-6-4-2/h1-3H3,(H,7,8);1H,4-6H2,2H3. The maximum atomic E-state index is 10.4. The first-order valence-electron chi connectivity index (χ1n) is 5.80. The van der Waals surface area contributed by atoms with Crippen LogP contribution in [0.4, 0.5) is 9.59 Å². The highest BCUT2D eigenvalue weighted by atomic mass is 17.5. The Labute approximate surface area is 117 Å². The quantitative estimate of drug-likeness (QED) is 0.365. The van der Waals surface area contributed by atoms with Gasteiger partial charge in [-0.15, -0.1) is 12.3 Å². The van der Waals surface area contributed by atoms with E-state index in [9.17, 15) is 9.59 Å². The van der Waals surface area contributed by atoms with Crippen molar-refractivity contribution in [2.75, 3.05) is 0 Å². The van der Waals surface area contributed by atoms with Crippen LogP contribution in [-0.2, 0) is 24.6 Å². The van der Waals surface area contributed by atoms with E-state index in [2.05, 4.69) is 37.4 Å². The first-order valence-corrected chi connectivity index (χ1v) is 5.80. The van der Waals surface area contributed by atoms with Crippen LogP contribution in [0.2, 0.25) is 0 Å². The van der Waals surface area contributed by atoms with Crippen LogP contribution < -0.4 is 0 Å². The van der Waals surface area contributed by atoms with Gasteiger partial charge in [0.1, 0.15) is 0 Å². The number of hydrogen-bond donors (Lipinski definition) is 1. The largest absolute Gasteiger partial charge is 0.584 e. The Morgan fingerprint density at radius 2 is 1.80 bits per heavy atom. The smallest absolute Gasteiger partial charge is 0.447 e. The maximum Gasteiger partial charge on any atom is 0.584 e. The molecule has 0 fully saturated rings. The lowest BCUT2D eigenvalue weighted by Gasteiger charge is -2.14. The molecule has 0 spiro atoms. The van der Waals surface area contributed by atoms with E-state index in [0.29, 0.717) is 0 Å². The Morgan fingerprint density at radius 3 is 2.15 bits per heavy atom. The van der Waals surface area contributed by atoms with E-state index in [1.54, 1.807) is 20.8 Å². The summed E-state index contributed by atoms with van der Waals surface area (Å²) >= 11 is 0. The molecule has 0 amide bonds. The summed E-state index contributed by atoms with van der Waals surface area (Å²) in [6.07, 6.45) is 5.00. The molecule has 116 valence electrons. The molecule has 0 saturated carbocycles. The van der Waals surface area contributed by atoms with Crippen LogP contribution in [0, 0.1) is 12.3 Å². The van der Waals surface area contributed by atoms with Crippen molar-refractivity contribution >= 4 is 12.3 Å². The van der Waals surface area contributed by atoms with Gasteiger partial charge in [-0.1, -0.05) is 13.3 Å². The predicted octanol–water partition coefficient (Wildman–Crippen LogP) is 3.22. The fourth-order valence-corrected chi connectivity index (χ4v) is 0.509. The molecule has 20 heavy (non-hydrogen) atoms. The van der Waals surface area contributed by atoms with Gasteiger partial charge in [0.25, 0.3) is 0 Å². The van der Waals surface area contributed by atoms with Crippen molar-refractivity contribution in [1.29, 1.82) is 0 Å². The van der Waals surface area contributed by atoms with Crippen LogP contribution in [0.5, 0.6) is 0 Å². The zero-order valence-electron chi connectivity index (χ0n) is 12.0. The first kappa shape index (κ1) is 20.3. The molecule has 0 radical (unpaired) electrons. The van der Waals surface area contributed by atoms with E-state index in [-0.39, 0.29) is 0 Å². The van der Waals surface area contributed by atoms with Crippen molar-refractivity contribution in [3.05, 3.63) is 0 Å². The summed E-state index contributed by atoms with van der Waals surface area (Å²) < 4.78 is 0. The first-order chi connectivity index (χ1) is 9.22. The molecule has 8 nitrogen and oxygen atoms in total. The van der Waals surface area contributed by atoms with Gasteiger partial charge in [-0.3, -0.25) is 0 Å². The molecule has 8 heteroatoms. The summed E-state index contributed by atoms with van der Waals surface area (Å²) in [6.45, 7) is 7.04. The highest BCUT2D eigenvalue weighted by Gasteiger charge is 2.16. The topological polar surface area (TPSA) is 101 Å². The Kier molecular flexibility index (Phi) is 12.3. The van der Waals surface area contributed by atoms with Gasteiger partial charge < -0.3 is 5.11 Å². The minimum Gasteiger partial charge on any atom is -0.447 e. The second-order valence-electron chi connectivity index (χ2n) is 4.34. The second-order valence-corrected chi connectivity index (χ2v) is 4.34. The highest BCUT2D eigenvalue weighted by Crippen LogP contribution is 2.07. The summed E-state index contributed by atoms with van der Waals surface area (Å²) in [5.74, 6) is 2.57. The van der Waals surface area contributed by atoms with Gasteiger partial charge in [-0.2, -0.15) is 19.5 Å². The van der Waals surface area contributed by atoms with E-state index in [1.807, 2.05) is 0 Å². The van der Waals surface area contributed by atoms with E-state index in [1.165, 1.54) is 12.8 Å². The number of terminal acetylenes is 1. The molecule has 0 unspecified atom stereocenters. The van der Waals surface area contributed by atoms with E-state index >= 15 is 0 Å². The molecule has 1 N–H and O–H groups in total. The third kappa shape index (κ3) is 21.3. The average molecular weight is 292 g/mol. The van der Waals surface area contributed by atoms with Crippen LogP contribution in [0.3, 0.4) is 0 Å². The van der Waals surface area contributed by atoms with Gasteiger partial charge in [-0.05, 0) is 32.2 Å². The number of carboxylic acid groups (broad SMARTS) is 1. The van der Waals surface area contributed by atoms with Crippen LogP contribution >= 0.6 is 0 Å². The van der Waals surface area contributed by atoms with Gasteiger partial charge in [-0.25, -0.2) is 9.68 Å². The summed E-state index contributed by atoms with van der Waals surface area (Å²) in [5.41, 5.74) is -0.687. The molecule has 0 saturated heterocycles. The summed E-state index contributed by atoms with van der Waals surface area (Å²) in [4.78, 5) is 35.3. The summed E-state index contributed by atoms with van der Waals surface area (Å²) in [6, 6.07) is 0. The van der Waals surface area contributed by atoms with Crippen LogP contribution in [0.15, 0.2) is 0 Å². The van der Waals surface area contributed by atoms with Crippen molar-refractivity contribution in [2.45, 2.75) is 52.6 Å². The van der Waals surface area contributed by atoms with E-state index in [4.69, 9.17) is 11.5 Å². The zero-order chi connectivity index (χ0) is 16.0. The van der Waals surface area contributed by atoms with Crippen LogP contribution in [0.1, 0.15) is 47.0 Å². The lowest BCUT2D eigenvalue weighted by molar-refractivity contribution is -0.519. The number of rotatable bonds is 4. The van der Waals surface area contributed by atoms with Crippen molar-refractivity contribution in [2.24, 2.45) is 0 Å². The Balaban J connectivity index is 0. The van der Waals surface area contributed by atoms with E-state index < -0.39 is 17.9 Å². The minimum absolute atomic E-state index is 0.687. The average Bonchev–Trinajstić information content (AvgIpc) is 2.33. The molecule has 0 heterocycles. The fraction of sp³-hybridized carbons (Fsp3) is 0.667. The zero-order valence-corrected chi connectivity index (χ0v) is 12.0. The molecule has 0 aromatic rings. The number of hydrogen-bond acceptors (Lipinski definition) is 7. The van der Waals surface area contributed by atoms with Crippen LogP contribution in [-0.4, -0.2) is 23.0 Å². The maximum absolute atomic E-state index is 10.4. The SMILES string of the molecule is C#CCCCC.CC(C)(C)OOOC(=O)OOC(=O)O. The molecule has 0 aliphatic heterocycles. The Hall–Kier alpha value is -1.98. The van der Waals surface area contributed by atoms with Crippen molar-refractivity contribution < 1.29 is 39.3 Å². The van der Waals surface area contributed by atoms with Crippen molar-refractivity contribution in [1.82, 2.24) is 0 Å². The summed E-state index contributed by atoms with van der Waals surface area (Å²) in [7, 11) is 0. The second kappa shape index (κ2) is 12.1. The number of unbranched alkanes of at least 4 members (excludes halogenated alkanes) is 2. The van der Waals surface area contributed by atoms with Gasteiger partial charge in [0.2, 0.25) is 0 Å². The minimum atomic E-state index is -1.79. The lowest BCUT2D eigenvalue weighted by atomic mass is 10.2. The van der Waals surface area contributed by atoms with Gasteiger partial charge >= 0.3 is 12.3 Å². The van der Waals surface area contributed by atoms with Crippen molar-refractivity contribution in [3.63, 3.8) is 0 Å². The monoisotopic (exact) mass is 292 g/mol. The van der Waals surface area contributed by atoms with Gasteiger partial charge in [0, 0.05) is 6.42 Å². The molecular formula is C12H20O8. The number of carbonyl (C=O) groups excluding carboxylic acids is 1. The third-order valence-electron chi connectivity index (χ3n) is 1.24. The summed E-state index contributed by atoms with van der Waals surface area (Å²) in [5, 5.41) is 11.8. The molecular weight excluding hydrogens is 272 g/mol. The molecule has 0 aliphatic carbocycles. The molecule has 0 aromatic heterocycles. The normalized spacial score (nSPS) is 9.55. The number of carbonyl (C=O) groups is 2. The van der Waals surface area contributed by atoms with Gasteiger partial charge in [0.05, 0.1) is 5.60 Å². The molecule has 0 bridgehead atoms. The Bertz CT molecular complexity index is 312. The molecule has 0 atom stereocenters. The molecule has 0 aromatic carbocycles. The lowest BCUT2D eigenvalue weighted by Crippen LogP contribution is -2.21. The molecule has 0 aliphatic rings. The predicted molar refractivity (Wildman–Crippen MR) is 67.0 cm³/mol. The van der Waals surface area contributed by atoms with Gasteiger partial charge in [0.15, 0.2) is 0 Å². The van der Waals surface area contributed by atoms with Crippen LogP contribution in [0.25, 0.3) is 0 Å². The highest BCUT2D eigenvalue weighted by molar-refractivity contribution is 5.61. The Morgan fingerprint density at radius 1 is 1.20 bits per heavy atom.